The van der Waals surface area contributed by atoms with Gasteiger partial charge in [0.25, 0.3) is 0 Å². The fourth-order valence-electron chi connectivity index (χ4n) is 2.14. The lowest BCUT2D eigenvalue weighted by Gasteiger charge is -2.25. The first kappa shape index (κ1) is 14.5. The van der Waals surface area contributed by atoms with Crippen molar-refractivity contribution >= 4 is 15.9 Å². The van der Waals surface area contributed by atoms with Gasteiger partial charge in [-0.05, 0) is 39.5 Å². The number of methoxy groups -OCH3 is 1. The van der Waals surface area contributed by atoms with E-state index in [0.29, 0.717) is 5.92 Å². The Balaban J connectivity index is 3.00. The molecule has 0 aliphatic carbocycles. The summed E-state index contributed by atoms with van der Waals surface area (Å²) in [5.41, 5.74) is 4.11. The maximum Gasteiger partial charge on any atom is 0.133 e. The Morgan fingerprint density at radius 2 is 2.00 bits per heavy atom. The highest BCUT2D eigenvalue weighted by molar-refractivity contribution is 9.10. The second-order valence-electron chi connectivity index (χ2n) is 4.11. The third kappa shape index (κ3) is 3.44. The van der Waals surface area contributed by atoms with Crippen LogP contribution in [0.5, 0.6) is 5.75 Å². The normalized spacial score (nSPS) is 12.8. The molecule has 0 fully saturated rings. The van der Waals surface area contributed by atoms with Crippen LogP contribution in [0.1, 0.15) is 38.3 Å². The molecule has 1 aromatic carbocycles. The predicted octanol–water partition coefficient (Wildman–Crippen LogP) is 3.40. The highest BCUT2D eigenvalue weighted by Crippen LogP contribution is 2.32. The molecule has 4 heteroatoms. The van der Waals surface area contributed by atoms with Gasteiger partial charge in [0.05, 0.1) is 11.6 Å². The van der Waals surface area contributed by atoms with Crippen LogP contribution < -0.4 is 16.0 Å². The zero-order valence-corrected chi connectivity index (χ0v) is 12.3. The molecule has 0 aliphatic heterocycles. The van der Waals surface area contributed by atoms with E-state index in [1.807, 2.05) is 6.07 Å². The molecule has 0 aliphatic rings. The largest absolute Gasteiger partial charge is 0.496 e. The number of rotatable bonds is 6. The highest BCUT2D eigenvalue weighted by atomic mass is 79.9. The van der Waals surface area contributed by atoms with Gasteiger partial charge >= 0.3 is 0 Å². The van der Waals surface area contributed by atoms with E-state index in [-0.39, 0.29) is 6.04 Å². The van der Waals surface area contributed by atoms with E-state index in [1.165, 1.54) is 5.56 Å². The summed E-state index contributed by atoms with van der Waals surface area (Å²) in [6, 6.07) is 6.28. The quantitative estimate of drug-likeness (QED) is 0.625. The van der Waals surface area contributed by atoms with E-state index >= 15 is 0 Å². The van der Waals surface area contributed by atoms with Gasteiger partial charge in [-0.25, -0.2) is 0 Å². The number of benzene rings is 1. The van der Waals surface area contributed by atoms with Crippen molar-refractivity contribution in [1.82, 2.24) is 5.43 Å². The van der Waals surface area contributed by atoms with E-state index in [0.717, 1.165) is 23.1 Å². The van der Waals surface area contributed by atoms with Gasteiger partial charge in [0.2, 0.25) is 0 Å². The van der Waals surface area contributed by atoms with Gasteiger partial charge in [0.15, 0.2) is 0 Å². The Bertz CT molecular complexity index is 353. The number of hydrogen-bond acceptors (Lipinski definition) is 3. The number of nitrogens with one attached hydrogen (secondary N) is 1. The first-order valence-corrected chi connectivity index (χ1v) is 6.76. The first-order valence-electron chi connectivity index (χ1n) is 5.97. The van der Waals surface area contributed by atoms with Crippen molar-refractivity contribution in [2.45, 2.75) is 32.7 Å². The Labute approximate surface area is 112 Å². The number of ether oxygens (including phenoxy) is 1. The molecule has 96 valence electrons. The predicted molar refractivity (Wildman–Crippen MR) is 74.8 cm³/mol. The fourth-order valence-corrected chi connectivity index (χ4v) is 2.70. The van der Waals surface area contributed by atoms with Gasteiger partial charge in [-0.15, -0.1) is 0 Å². The second-order valence-corrected chi connectivity index (χ2v) is 4.97. The van der Waals surface area contributed by atoms with Crippen LogP contribution >= 0.6 is 15.9 Å². The average molecular weight is 301 g/mol. The Kier molecular flexibility index (Phi) is 5.95. The van der Waals surface area contributed by atoms with E-state index in [1.54, 1.807) is 7.11 Å². The zero-order chi connectivity index (χ0) is 12.8. The maximum absolute atomic E-state index is 5.68. The van der Waals surface area contributed by atoms with Gasteiger partial charge in [-0.2, -0.15) is 0 Å². The van der Waals surface area contributed by atoms with Crippen LogP contribution in [0.15, 0.2) is 22.7 Å². The van der Waals surface area contributed by atoms with Crippen LogP contribution in [0.4, 0.5) is 0 Å². The summed E-state index contributed by atoms with van der Waals surface area (Å²) >= 11 is 3.50. The molecular formula is C13H21BrN2O. The summed E-state index contributed by atoms with van der Waals surface area (Å²) in [5, 5.41) is 0. The van der Waals surface area contributed by atoms with Gasteiger partial charge in [-0.3, -0.25) is 11.3 Å². The average Bonchev–Trinajstić information content (AvgIpc) is 2.35. The van der Waals surface area contributed by atoms with Gasteiger partial charge in [0, 0.05) is 6.04 Å². The number of hydrogen-bond donors (Lipinski definition) is 2. The van der Waals surface area contributed by atoms with Crippen molar-refractivity contribution in [3.8, 4) is 5.75 Å². The lowest BCUT2D eigenvalue weighted by Crippen LogP contribution is -2.33. The number of halogens is 1. The van der Waals surface area contributed by atoms with E-state index in [4.69, 9.17) is 10.6 Å². The molecule has 1 rings (SSSR count). The molecule has 3 nitrogen and oxygen atoms in total. The van der Waals surface area contributed by atoms with E-state index in [2.05, 4.69) is 47.3 Å². The van der Waals surface area contributed by atoms with Crippen LogP contribution in [0.2, 0.25) is 0 Å². The van der Waals surface area contributed by atoms with Crippen molar-refractivity contribution in [2.24, 2.45) is 11.8 Å². The molecule has 0 spiro atoms. The van der Waals surface area contributed by atoms with Crippen LogP contribution in [0.25, 0.3) is 0 Å². The minimum atomic E-state index is 0.187. The maximum atomic E-state index is 5.68. The minimum Gasteiger partial charge on any atom is -0.496 e. The van der Waals surface area contributed by atoms with Crippen molar-refractivity contribution in [3.63, 3.8) is 0 Å². The molecule has 0 aromatic heterocycles. The molecule has 0 amide bonds. The summed E-state index contributed by atoms with van der Waals surface area (Å²) in [6.07, 6.45) is 2.21. The van der Waals surface area contributed by atoms with E-state index in [9.17, 15) is 0 Å². The molecule has 1 unspecified atom stereocenters. The minimum absolute atomic E-state index is 0.187. The summed E-state index contributed by atoms with van der Waals surface area (Å²) in [7, 11) is 1.67. The Morgan fingerprint density at radius 3 is 2.41 bits per heavy atom. The molecule has 1 aromatic rings. The highest BCUT2D eigenvalue weighted by Gasteiger charge is 2.19. The van der Waals surface area contributed by atoms with Crippen molar-refractivity contribution < 1.29 is 4.74 Å². The SMILES string of the molecule is CCC(CC)C(NN)c1ccc(OC)c(Br)c1. The molecular weight excluding hydrogens is 280 g/mol. The smallest absolute Gasteiger partial charge is 0.133 e. The molecule has 3 N–H and O–H groups in total. The Hall–Kier alpha value is -0.580. The third-order valence-electron chi connectivity index (χ3n) is 3.23. The lowest BCUT2D eigenvalue weighted by molar-refractivity contribution is 0.344. The van der Waals surface area contributed by atoms with Gasteiger partial charge in [0.1, 0.15) is 5.75 Å². The van der Waals surface area contributed by atoms with E-state index < -0.39 is 0 Å². The standard InChI is InChI=1S/C13H21BrN2O/c1-4-9(5-2)13(16-15)10-6-7-12(17-3)11(14)8-10/h6-9,13,16H,4-5,15H2,1-3H3. The summed E-state index contributed by atoms with van der Waals surface area (Å²) in [5.74, 6) is 7.06. The van der Waals surface area contributed by atoms with Crippen molar-refractivity contribution in [1.29, 1.82) is 0 Å². The van der Waals surface area contributed by atoms with Gasteiger partial charge in [-0.1, -0.05) is 32.8 Å². The Morgan fingerprint density at radius 1 is 1.35 bits per heavy atom. The topological polar surface area (TPSA) is 47.3 Å². The fraction of sp³-hybridized carbons (Fsp3) is 0.538. The molecule has 0 saturated carbocycles. The molecule has 0 bridgehead atoms. The number of hydrazine groups is 1. The second kappa shape index (κ2) is 6.99. The van der Waals surface area contributed by atoms with Crippen LogP contribution in [-0.2, 0) is 0 Å². The summed E-state index contributed by atoms with van der Waals surface area (Å²) < 4.78 is 6.19. The molecule has 0 heterocycles. The zero-order valence-electron chi connectivity index (χ0n) is 10.7. The van der Waals surface area contributed by atoms with Crippen molar-refractivity contribution in [2.75, 3.05) is 7.11 Å². The van der Waals surface area contributed by atoms with Gasteiger partial charge < -0.3 is 4.74 Å². The van der Waals surface area contributed by atoms with Crippen LogP contribution in [0.3, 0.4) is 0 Å². The molecule has 17 heavy (non-hydrogen) atoms. The summed E-state index contributed by atoms with van der Waals surface area (Å²) in [4.78, 5) is 0. The van der Waals surface area contributed by atoms with Crippen molar-refractivity contribution in [3.05, 3.63) is 28.2 Å². The molecule has 0 saturated heterocycles. The number of nitrogens with two attached hydrogens (primary N) is 1. The van der Waals surface area contributed by atoms with Crippen LogP contribution in [0, 0.1) is 5.92 Å². The first-order chi connectivity index (χ1) is 8.17. The summed E-state index contributed by atoms with van der Waals surface area (Å²) in [6.45, 7) is 4.38. The monoisotopic (exact) mass is 300 g/mol. The van der Waals surface area contributed by atoms with Crippen LogP contribution in [-0.4, -0.2) is 7.11 Å². The molecule has 1 atom stereocenters. The third-order valence-corrected chi connectivity index (χ3v) is 3.85. The lowest BCUT2D eigenvalue weighted by atomic mass is 9.89. The molecule has 0 radical (unpaired) electrons.